The van der Waals surface area contributed by atoms with Gasteiger partial charge in [-0.2, -0.15) is 0 Å². The zero-order valence-corrected chi connectivity index (χ0v) is 7.86. The zero-order valence-electron chi connectivity index (χ0n) is 6.23. The van der Waals surface area contributed by atoms with E-state index in [-0.39, 0.29) is 0 Å². The topological polar surface area (TPSA) is 51.8 Å². The highest BCUT2D eigenvalue weighted by Gasteiger charge is 2.01. The lowest BCUT2D eigenvalue weighted by Gasteiger charge is -1.88. The van der Waals surface area contributed by atoms with Crippen LogP contribution >= 0.6 is 22.7 Å². The van der Waals surface area contributed by atoms with Gasteiger partial charge in [-0.15, -0.1) is 32.9 Å². The highest BCUT2D eigenvalue weighted by molar-refractivity contribution is 7.16. The molecule has 0 fully saturated rings. The summed E-state index contributed by atoms with van der Waals surface area (Å²) < 4.78 is 0. The highest BCUT2D eigenvalue weighted by Crippen LogP contribution is 2.21. The van der Waals surface area contributed by atoms with Gasteiger partial charge >= 0.3 is 0 Å². The number of hydrogen-bond acceptors (Lipinski definition) is 5. The van der Waals surface area contributed by atoms with Gasteiger partial charge in [-0.05, 0) is 12.1 Å². The first-order valence-electron chi connectivity index (χ1n) is 3.44. The molecule has 0 radical (unpaired) electrons. The van der Waals surface area contributed by atoms with Gasteiger partial charge in [-0.1, -0.05) is 0 Å². The van der Waals surface area contributed by atoms with E-state index in [9.17, 15) is 0 Å². The second kappa shape index (κ2) is 3.20. The summed E-state index contributed by atoms with van der Waals surface area (Å²) in [5, 5.41) is 9.62. The van der Waals surface area contributed by atoms with Crippen molar-refractivity contribution in [3.63, 3.8) is 0 Å². The first-order valence-corrected chi connectivity index (χ1v) is 5.13. The van der Waals surface area contributed by atoms with E-state index in [2.05, 4.69) is 10.2 Å². The van der Waals surface area contributed by atoms with Crippen molar-refractivity contribution in [2.24, 2.45) is 0 Å². The highest BCUT2D eigenvalue weighted by atomic mass is 32.1. The molecular weight excluding hydrogens is 190 g/mol. The van der Waals surface area contributed by atoms with Gasteiger partial charge in [0.2, 0.25) is 0 Å². The van der Waals surface area contributed by atoms with E-state index >= 15 is 0 Å². The molecule has 0 bridgehead atoms. The lowest BCUT2D eigenvalue weighted by molar-refractivity contribution is 1.01. The molecule has 0 aliphatic heterocycles. The monoisotopic (exact) mass is 197 g/mol. The smallest absolute Gasteiger partial charge is 0.122 e. The Hall–Kier alpha value is -0.940. The van der Waals surface area contributed by atoms with Crippen molar-refractivity contribution < 1.29 is 0 Å². The Balaban J connectivity index is 2.14. The fraction of sp³-hybridized carbons (Fsp3) is 0.143. The van der Waals surface area contributed by atoms with E-state index in [0.717, 1.165) is 16.4 Å². The van der Waals surface area contributed by atoms with Crippen LogP contribution in [0.15, 0.2) is 17.6 Å². The fourth-order valence-electron chi connectivity index (χ4n) is 0.912. The molecule has 0 aliphatic carbocycles. The maximum atomic E-state index is 5.59. The van der Waals surface area contributed by atoms with Crippen LogP contribution in [-0.4, -0.2) is 10.2 Å². The van der Waals surface area contributed by atoms with Crippen molar-refractivity contribution in [1.82, 2.24) is 10.2 Å². The summed E-state index contributed by atoms with van der Waals surface area (Å²) >= 11 is 3.17. The summed E-state index contributed by atoms with van der Waals surface area (Å²) in [6, 6.07) is 3.95. The van der Waals surface area contributed by atoms with Crippen molar-refractivity contribution in [3.8, 4) is 0 Å². The molecule has 12 heavy (non-hydrogen) atoms. The van der Waals surface area contributed by atoms with Crippen LogP contribution in [0.3, 0.4) is 0 Å². The molecule has 5 heteroatoms. The second-order valence-corrected chi connectivity index (χ2v) is 4.43. The van der Waals surface area contributed by atoms with Crippen LogP contribution in [0, 0.1) is 0 Å². The van der Waals surface area contributed by atoms with Crippen LogP contribution in [-0.2, 0) is 6.42 Å². The maximum absolute atomic E-state index is 5.59. The molecule has 62 valence electrons. The average Bonchev–Trinajstić information content (AvgIpc) is 2.63. The molecular formula is C7H7N3S2. The van der Waals surface area contributed by atoms with Gasteiger partial charge in [0.25, 0.3) is 0 Å². The van der Waals surface area contributed by atoms with Gasteiger partial charge in [-0.3, -0.25) is 0 Å². The third-order valence-corrected chi connectivity index (χ3v) is 3.03. The van der Waals surface area contributed by atoms with E-state index < -0.39 is 0 Å². The lowest BCUT2D eigenvalue weighted by atomic mass is 10.4. The standard InChI is InChI=1S/C7H7N3S2/c8-6-2-1-5(12-6)3-7-10-9-4-11-7/h1-2,4H,3,8H2. The summed E-state index contributed by atoms with van der Waals surface area (Å²) in [5.74, 6) is 0. The van der Waals surface area contributed by atoms with Gasteiger partial charge in [-0.25, -0.2) is 0 Å². The van der Waals surface area contributed by atoms with Gasteiger partial charge in [0, 0.05) is 11.3 Å². The summed E-state index contributed by atoms with van der Waals surface area (Å²) in [7, 11) is 0. The molecule has 0 saturated carbocycles. The number of nitrogens with zero attached hydrogens (tertiary/aromatic N) is 2. The molecule has 0 atom stereocenters. The number of rotatable bonds is 2. The molecule has 2 heterocycles. The number of thiophene rings is 1. The lowest BCUT2D eigenvalue weighted by Crippen LogP contribution is -1.82. The first-order chi connectivity index (χ1) is 5.84. The SMILES string of the molecule is Nc1ccc(Cc2nncs2)s1. The summed E-state index contributed by atoms with van der Waals surface area (Å²) in [6.45, 7) is 0. The third-order valence-electron chi connectivity index (χ3n) is 1.41. The minimum Gasteiger partial charge on any atom is -0.391 e. The molecule has 0 unspecified atom stereocenters. The Bertz CT molecular complexity index is 352. The molecule has 2 rings (SSSR count). The molecule has 0 aromatic carbocycles. The fourth-order valence-corrected chi connectivity index (χ4v) is 2.34. The first kappa shape index (κ1) is 7.70. The van der Waals surface area contributed by atoms with Gasteiger partial charge in [0.1, 0.15) is 10.5 Å². The van der Waals surface area contributed by atoms with E-state index in [0.29, 0.717) is 0 Å². The van der Waals surface area contributed by atoms with Crippen molar-refractivity contribution in [1.29, 1.82) is 0 Å². The van der Waals surface area contributed by atoms with E-state index in [4.69, 9.17) is 5.73 Å². The van der Waals surface area contributed by atoms with Crippen LogP contribution in [0.25, 0.3) is 0 Å². The maximum Gasteiger partial charge on any atom is 0.122 e. The number of hydrogen-bond donors (Lipinski definition) is 1. The Morgan fingerprint density at radius 1 is 1.42 bits per heavy atom. The van der Waals surface area contributed by atoms with Crippen molar-refractivity contribution in [3.05, 3.63) is 27.5 Å². The van der Waals surface area contributed by atoms with Crippen molar-refractivity contribution in [2.45, 2.75) is 6.42 Å². The molecule has 2 aromatic rings. The van der Waals surface area contributed by atoms with Crippen molar-refractivity contribution in [2.75, 3.05) is 5.73 Å². The van der Waals surface area contributed by atoms with Crippen LogP contribution in [0.5, 0.6) is 0 Å². The van der Waals surface area contributed by atoms with Crippen LogP contribution in [0.4, 0.5) is 5.00 Å². The third kappa shape index (κ3) is 1.62. The van der Waals surface area contributed by atoms with Crippen LogP contribution in [0.1, 0.15) is 9.88 Å². The molecule has 0 spiro atoms. The number of nitrogens with two attached hydrogens (primary N) is 1. The Morgan fingerprint density at radius 3 is 2.92 bits per heavy atom. The van der Waals surface area contributed by atoms with E-state index in [1.807, 2.05) is 12.1 Å². The van der Waals surface area contributed by atoms with Crippen LogP contribution < -0.4 is 5.73 Å². The molecule has 0 aliphatic rings. The summed E-state index contributed by atoms with van der Waals surface area (Å²) in [6.07, 6.45) is 0.854. The van der Waals surface area contributed by atoms with Gasteiger partial charge in [0.05, 0.1) is 5.00 Å². The predicted molar refractivity (Wildman–Crippen MR) is 51.4 cm³/mol. The molecule has 0 amide bonds. The number of nitrogen functional groups attached to an aromatic ring is 1. The number of anilines is 1. The quantitative estimate of drug-likeness (QED) is 0.798. The number of aromatic nitrogens is 2. The van der Waals surface area contributed by atoms with Gasteiger partial charge < -0.3 is 5.73 Å². The van der Waals surface area contributed by atoms with E-state index in [1.54, 1.807) is 28.2 Å². The predicted octanol–water partition coefficient (Wildman–Crippen LogP) is 1.77. The second-order valence-electron chi connectivity index (χ2n) is 2.31. The minimum absolute atomic E-state index is 0.854. The van der Waals surface area contributed by atoms with Crippen LogP contribution in [0.2, 0.25) is 0 Å². The largest absolute Gasteiger partial charge is 0.391 e. The molecule has 2 aromatic heterocycles. The molecule has 3 nitrogen and oxygen atoms in total. The Kier molecular flexibility index (Phi) is 2.05. The molecule has 0 saturated heterocycles. The normalized spacial score (nSPS) is 10.3. The summed E-state index contributed by atoms with van der Waals surface area (Å²) in [5.41, 5.74) is 7.34. The summed E-state index contributed by atoms with van der Waals surface area (Å²) in [4.78, 5) is 1.24. The Morgan fingerprint density at radius 2 is 2.33 bits per heavy atom. The average molecular weight is 197 g/mol. The van der Waals surface area contributed by atoms with E-state index in [1.165, 1.54) is 4.88 Å². The molecule has 2 N–H and O–H groups in total. The van der Waals surface area contributed by atoms with Crippen molar-refractivity contribution >= 4 is 27.7 Å². The zero-order chi connectivity index (χ0) is 8.39. The Labute approximate surface area is 77.9 Å². The minimum atomic E-state index is 0.854. The van der Waals surface area contributed by atoms with Gasteiger partial charge in [0.15, 0.2) is 0 Å².